The monoisotopic (exact) mass is 267 g/mol. The summed E-state index contributed by atoms with van der Waals surface area (Å²) in [5.41, 5.74) is -0.606. The van der Waals surface area contributed by atoms with Gasteiger partial charge in [-0.2, -0.15) is 0 Å². The zero-order chi connectivity index (χ0) is 13.5. The van der Waals surface area contributed by atoms with Gasteiger partial charge in [-0.25, -0.2) is 0 Å². The number of amides is 1. The number of carbonyl (C=O) groups excluding carboxylic acids is 1. The average molecular weight is 267 g/mol. The number of hydrogen-bond donors (Lipinski definition) is 1. The first-order chi connectivity index (χ1) is 9.05. The van der Waals surface area contributed by atoms with E-state index in [0.717, 1.165) is 45.6 Å². The normalized spacial score (nSPS) is 32.5. The first kappa shape index (κ1) is 12.9. The first-order valence-corrected chi connectivity index (χ1v) is 7.14. The van der Waals surface area contributed by atoms with Gasteiger partial charge < -0.3 is 14.7 Å². The standard InChI is InChI=1S/C14H21NO4/c16-11(8-14(12(17)18)2-1-3-14)15-6-4-13(9-15)5-7-19-10-13/h1-10H2,(H,17,18). The Morgan fingerprint density at radius 2 is 2.00 bits per heavy atom. The quantitative estimate of drug-likeness (QED) is 0.836. The Morgan fingerprint density at radius 1 is 1.21 bits per heavy atom. The van der Waals surface area contributed by atoms with Gasteiger partial charge in [0.2, 0.25) is 5.91 Å². The summed E-state index contributed by atoms with van der Waals surface area (Å²) in [7, 11) is 0. The van der Waals surface area contributed by atoms with Crippen LogP contribution < -0.4 is 0 Å². The molecule has 1 amide bonds. The zero-order valence-corrected chi connectivity index (χ0v) is 11.2. The maximum absolute atomic E-state index is 12.3. The molecule has 1 aliphatic carbocycles. The topological polar surface area (TPSA) is 66.8 Å². The van der Waals surface area contributed by atoms with Crippen LogP contribution in [0.5, 0.6) is 0 Å². The van der Waals surface area contributed by atoms with E-state index >= 15 is 0 Å². The molecule has 2 heterocycles. The predicted octanol–water partition coefficient (Wildman–Crippen LogP) is 1.27. The fraction of sp³-hybridized carbons (Fsp3) is 0.857. The van der Waals surface area contributed by atoms with Crippen molar-refractivity contribution in [1.29, 1.82) is 0 Å². The lowest BCUT2D eigenvalue weighted by atomic mass is 9.66. The number of hydrogen-bond acceptors (Lipinski definition) is 3. The van der Waals surface area contributed by atoms with E-state index in [0.29, 0.717) is 12.8 Å². The van der Waals surface area contributed by atoms with Gasteiger partial charge in [-0.3, -0.25) is 9.59 Å². The van der Waals surface area contributed by atoms with Gasteiger partial charge in [-0.1, -0.05) is 6.42 Å². The fourth-order valence-corrected chi connectivity index (χ4v) is 3.59. The van der Waals surface area contributed by atoms with Crippen LogP contribution in [0.25, 0.3) is 0 Å². The third kappa shape index (κ3) is 2.14. The summed E-state index contributed by atoms with van der Waals surface area (Å²) in [6.07, 6.45) is 4.43. The number of aliphatic carboxylic acids is 1. The van der Waals surface area contributed by atoms with Crippen LogP contribution in [0.1, 0.15) is 38.5 Å². The third-order valence-corrected chi connectivity index (χ3v) is 5.23. The zero-order valence-electron chi connectivity index (χ0n) is 11.2. The van der Waals surface area contributed by atoms with Crippen molar-refractivity contribution in [3.8, 4) is 0 Å². The van der Waals surface area contributed by atoms with Crippen LogP contribution in [0.2, 0.25) is 0 Å². The van der Waals surface area contributed by atoms with Crippen LogP contribution in [0.4, 0.5) is 0 Å². The minimum atomic E-state index is -0.801. The molecule has 5 nitrogen and oxygen atoms in total. The molecular formula is C14H21NO4. The summed E-state index contributed by atoms with van der Waals surface area (Å²) in [4.78, 5) is 25.5. The van der Waals surface area contributed by atoms with Crippen molar-refractivity contribution in [3.63, 3.8) is 0 Å². The predicted molar refractivity (Wildman–Crippen MR) is 67.6 cm³/mol. The molecule has 3 rings (SSSR count). The molecule has 3 fully saturated rings. The van der Waals surface area contributed by atoms with E-state index in [-0.39, 0.29) is 17.7 Å². The lowest BCUT2D eigenvalue weighted by Gasteiger charge is -2.38. The minimum Gasteiger partial charge on any atom is -0.481 e. The summed E-state index contributed by atoms with van der Waals surface area (Å²) < 4.78 is 5.45. The van der Waals surface area contributed by atoms with E-state index in [1.165, 1.54) is 0 Å². The number of carboxylic acids is 1. The molecule has 1 atom stereocenters. The maximum Gasteiger partial charge on any atom is 0.310 e. The summed E-state index contributed by atoms with van der Waals surface area (Å²) >= 11 is 0. The van der Waals surface area contributed by atoms with Gasteiger partial charge in [0.05, 0.1) is 12.0 Å². The first-order valence-electron chi connectivity index (χ1n) is 7.14. The average Bonchev–Trinajstić information content (AvgIpc) is 2.94. The summed E-state index contributed by atoms with van der Waals surface area (Å²) in [5, 5.41) is 9.29. The van der Waals surface area contributed by atoms with Crippen molar-refractivity contribution >= 4 is 11.9 Å². The van der Waals surface area contributed by atoms with Crippen LogP contribution in [0.3, 0.4) is 0 Å². The second kappa shape index (κ2) is 4.47. The van der Waals surface area contributed by atoms with Crippen LogP contribution in [0.15, 0.2) is 0 Å². The second-order valence-electron chi connectivity index (χ2n) is 6.48. The number of rotatable bonds is 3. The van der Waals surface area contributed by atoms with Gasteiger partial charge >= 0.3 is 5.97 Å². The van der Waals surface area contributed by atoms with E-state index in [1.807, 2.05) is 4.90 Å². The number of carboxylic acid groups (broad SMARTS) is 1. The van der Waals surface area contributed by atoms with Gasteiger partial charge in [-0.05, 0) is 25.7 Å². The van der Waals surface area contributed by atoms with E-state index in [1.54, 1.807) is 0 Å². The lowest BCUT2D eigenvalue weighted by Crippen LogP contribution is -2.43. The van der Waals surface area contributed by atoms with E-state index in [9.17, 15) is 14.7 Å². The Morgan fingerprint density at radius 3 is 2.53 bits per heavy atom. The van der Waals surface area contributed by atoms with Crippen molar-refractivity contribution in [2.45, 2.75) is 38.5 Å². The molecule has 5 heteroatoms. The molecule has 0 aromatic heterocycles. The highest BCUT2D eigenvalue weighted by Gasteiger charge is 2.49. The van der Waals surface area contributed by atoms with E-state index in [2.05, 4.69) is 0 Å². The maximum atomic E-state index is 12.3. The highest BCUT2D eigenvalue weighted by atomic mass is 16.5. The smallest absolute Gasteiger partial charge is 0.310 e. The molecule has 1 spiro atoms. The SMILES string of the molecule is O=C(CC1(C(=O)O)CCC1)N1CCC2(CCOC2)C1. The van der Waals surface area contributed by atoms with E-state index in [4.69, 9.17) is 4.74 Å². The Kier molecular flexibility index (Phi) is 3.04. The molecule has 3 aliphatic rings. The number of nitrogens with zero attached hydrogens (tertiary/aromatic N) is 1. The van der Waals surface area contributed by atoms with Gasteiger partial charge in [0.25, 0.3) is 0 Å². The Bertz CT molecular complexity index is 396. The van der Waals surface area contributed by atoms with Crippen molar-refractivity contribution in [2.24, 2.45) is 10.8 Å². The van der Waals surface area contributed by atoms with Gasteiger partial charge in [0.1, 0.15) is 0 Å². The number of likely N-dealkylation sites (tertiary alicyclic amines) is 1. The van der Waals surface area contributed by atoms with Crippen molar-refractivity contribution in [2.75, 3.05) is 26.3 Å². The fourth-order valence-electron chi connectivity index (χ4n) is 3.59. The minimum absolute atomic E-state index is 0.0193. The number of ether oxygens (including phenoxy) is 1. The molecule has 0 aromatic rings. The van der Waals surface area contributed by atoms with E-state index < -0.39 is 11.4 Å². The molecule has 106 valence electrons. The lowest BCUT2D eigenvalue weighted by molar-refractivity contribution is -0.159. The Balaban J connectivity index is 1.61. The van der Waals surface area contributed by atoms with Crippen LogP contribution in [0, 0.1) is 10.8 Å². The van der Waals surface area contributed by atoms with Gasteiger partial charge in [0, 0.05) is 31.5 Å². The summed E-state index contributed by atoms with van der Waals surface area (Å²) in [5.74, 6) is -0.781. The summed E-state index contributed by atoms with van der Waals surface area (Å²) in [6.45, 7) is 3.06. The van der Waals surface area contributed by atoms with Crippen LogP contribution in [-0.4, -0.2) is 48.2 Å². The van der Waals surface area contributed by atoms with Crippen molar-refractivity contribution < 1.29 is 19.4 Å². The van der Waals surface area contributed by atoms with Gasteiger partial charge in [0.15, 0.2) is 0 Å². The molecule has 19 heavy (non-hydrogen) atoms. The van der Waals surface area contributed by atoms with Gasteiger partial charge in [-0.15, -0.1) is 0 Å². The highest BCUT2D eigenvalue weighted by Crippen LogP contribution is 2.45. The highest BCUT2D eigenvalue weighted by molar-refractivity contribution is 5.85. The van der Waals surface area contributed by atoms with Crippen molar-refractivity contribution in [1.82, 2.24) is 4.90 Å². The molecule has 0 radical (unpaired) electrons. The molecule has 2 saturated heterocycles. The number of carbonyl (C=O) groups is 2. The second-order valence-corrected chi connectivity index (χ2v) is 6.48. The summed E-state index contributed by atoms with van der Waals surface area (Å²) in [6, 6.07) is 0. The largest absolute Gasteiger partial charge is 0.481 e. The van der Waals surface area contributed by atoms with Crippen molar-refractivity contribution in [3.05, 3.63) is 0 Å². The Hall–Kier alpha value is -1.10. The van der Waals surface area contributed by atoms with Crippen LogP contribution in [-0.2, 0) is 14.3 Å². The molecule has 1 unspecified atom stereocenters. The molecule has 0 bridgehead atoms. The molecule has 2 aliphatic heterocycles. The third-order valence-electron chi connectivity index (χ3n) is 5.23. The molecule has 0 aromatic carbocycles. The molecular weight excluding hydrogens is 246 g/mol. The molecule has 1 saturated carbocycles. The molecule has 1 N–H and O–H groups in total. The Labute approximate surface area is 112 Å². The van der Waals surface area contributed by atoms with Crippen LogP contribution >= 0.6 is 0 Å².